The Hall–Kier alpha value is -1.80. The van der Waals surface area contributed by atoms with Crippen molar-refractivity contribution in [1.29, 1.82) is 0 Å². The molecule has 0 fully saturated rings. The average molecular weight is 283 g/mol. The third-order valence-electron chi connectivity index (χ3n) is 3.76. The first kappa shape index (κ1) is 15.6. The molecule has 1 atom stereocenters. The van der Waals surface area contributed by atoms with Crippen molar-refractivity contribution in [2.75, 3.05) is 13.7 Å². The molecule has 0 bridgehead atoms. The lowest BCUT2D eigenvalue weighted by molar-refractivity contribution is 0.411. The van der Waals surface area contributed by atoms with Crippen molar-refractivity contribution in [3.05, 3.63) is 64.7 Å². The Balaban J connectivity index is 2.35. The number of nitrogens with one attached hydrogen (secondary N) is 1. The molecule has 1 N–H and O–H groups in total. The van der Waals surface area contributed by atoms with E-state index in [-0.39, 0.29) is 6.04 Å². The summed E-state index contributed by atoms with van der Waals surface area (Å²) in [4.78, 5) is 0. The highest BCUT2D eigenvalue weighted by Crippen LogP contribution is 2.27. The van der Waals surface area contributed by atoms with Crippen LogP contribution in [0.4, 0.5) is 0 Å². The molecule has 112 valence electrons. The van der Waals surface area contributed by atoms with Gasteiger partial charge in [0.05, 0.1) is 13.2 Å². The van der Waals surface area contributed by atoms with Gasteiger partial charge in [-0.15, -0.1) is 0 Å². The minimum atomic E-state index is 0.232. The van der Waals surface area contributed by atoms with Crippen LogP contribution in [0.5, 0.6) is 5.75 Å². The third kappa shape index (κ3) is 3.85. The van der Waals surface area contributed by atoms with Crippen molar-refractivity contribution in [1.82, 2.24) is 5.32 Å². The first-order valence-corrected chi connectivity index (χ1v) is 7.60. The Morgan fingerprint density at radius 2 is 1.67 bits per heavy atom. The fourth-order valence-corrected chi connectivity index (χ4v) is 2.56. The molecule has 2 heteroatoms. The second-order valence-corrected chi connectivity index (χ2v) is 5.53. The topological polar surface area (TPSA) is 21.3 Å². The molecule has 0 aliphatic carbocycles. The Labute approximate surface area is 128 Å². The molecule has 0 amide bonds. The lowest BCUT2D eigenvalue weighted by Crippen LogP contribution is -2.23. The van der Waals surface area contributed by atoms with Crippen molar-refractivity contribution in [3.63, 3.8) is 0 Å². The van der Waals surface area contributed by atoms with Gasteiger partial charge in [-0.25, -0.2) is 0 Å². The Kier molecular flexibility index (Phi) is 5.40. The van der Waals surface area contributed by atoms with Gasteiger partial charge in [-0.1, -0.05) is 48.9 Å². The van der Waals surface area contributed by atoms with Crippen LogP contribution in [0, 0.1) is 13.8 Å². The zero-order chi connectivity index (χ0) is 15.2. The first-order valence-electron chi connectivity index (χ1n) is 7.60. The van der Waals surface area contributed by atoms with Crippen molar-refractivity contribution >= 4 is 0 Å². The van der Waals surface area contributed by atoms with Gasteiger partial charge in [-0.2, -0.15) is 0 Å². The standard InChI is InChI=1S/C19H25NO/c1-5-12-20-19(16-8-6-14(2)7-9-16)17-10-11-18(21-4)15(3)13-17/h6-11,13,19-20H,5,12H2,1-4H3. The van der Waals surface area contributed by atoms with Gasteiger partial charge in [0.2, 0.25) is 0 Å². The van der Waals surface area contributed by atoms with Crippen LogP contribution in [-0.2, 0) is 0 Å². The average Bonchev–Trinajstić information content (AvgIpc) is 2.49. The Bertz CT molecular complexity index is 575. The van der Waals surface area contributed by atoms with Crippen molar-refractivity contribution in [3.8, 4) is 5.75 Å². The molecule has 21 heavy (non-hydrogen) atoms. The van der Waals surface area contributed by atoms with Gasteiger partial charge in [0, 0.05) is 0 Å². The fourth-order valence-electron chi connectivity index (χ4n) is 2.56. The van der Waals surface area contributed by atoms with Gasteiger partial charge in [0.25, 0.3) is 0 Å². The SMILES string of the molecule is CCCNC(c1ccc(C)cc1)c1ccc(OC)c(C)c1. The van der Waals surface area contributed by atoms with Crippen LogP contribution in [0.1, 0.15) is 41.6 Å². The maximum atomic E-state index is 5.36. The van der Waals surface area contributed by atoms with E-state index in [9.17, 15) is 0 Å². The van der Waals surface area contributed by atoms with Crippen molar-refractivity contribution < 1.29 is 4.74 Å². The molecule has 0 saturated carbocycles. The summed E-state index contributed by atoms with van der Waals surface area (Å²) < 4.78 is 5.36. The third-order valence-corrected chi connectivity index (χ3v) is 3.76. The van der Waals surface area contributed by atoms with Gasteiger partial charge in [-0.3, -0.25) is 0 Å². The van der Waals surface area contributed by atoms with Gasteiger partial charge in [0.15, 0.2) is 0 Å². The minimum Gasteiger partial charge on any atom is -0.496 e. The van der Waals surface area contributed by atoms with Crippen LogP contribution in [0.3, 0.4) is 0 Å². The van der Waals surface area contributed by atoms with E-state index in [0.717, 1.165) is 18.7 Å². The van der Waals surface area contributed by atoms with E-state index in [4.69, 9.17) is 4.74 Å². The number of benzene rings is 2. The maximum Gasteiger partial charge on any atom is 0.121 e. The highest BCUT2D eigenvalue weighted by Gasteiger charge is 2.14. The van der Waals surface area contributed by atoms with Crippen LogP contribution in [0.25, 0.3) is 0 Å². The molecule has 1 unspecified atom stereocenters. The Morgan fingerprint density at radius 1 is 1.00 bits per heavy atom. The van der Waals surface area contributed by atoms with E-state index in [1.54, 1.807) is 7.11 Å². The number of ether oxygens (including phenoxy) is 1. The summed E-state index contributed by atoms with van der Waals surface area (Å²) in [5.74, 6) is 0.942. The zero-order valence-corrected chi connectivity index (χ0v) is 13.4. The summed E-state index contributed by atoms with van der Waals surface area (Å²) in [5.41, 5.74) is 5.05. The predicted molar refractivity (Wildman–Crippen MR) is 89.0 cm³/mol. The number of aryl methyl sites for hydroxylation is 2. The van der Waals surface area contributed by atoms with E-state index in [0.29, 0.717) is 0 Å². The smallest absolute Gasteiger partial charge is 0.121 e. The number of methoxy groups -OCH3 is 1. The molecular weight excluding hydrogens is 258 g/mol. The van der Waals surface area contributed by atoms with E-state index >= 15 is 0 Å². The quantitative estimate of drug-likeness (QED) is 0.848. The largest absolute Gasteiger partial charge is 0.496 e. The molecule has 0 spiro atoms. The van der Waals surface area contributed by atoms with Crippen LogP contribution >= 0.6 is 0 Å². The van der Waals surface area contributed by atoms with Crippen molar-refractivity contribution in [2.24, 2.45) is 0 Å². The van der Waals surface area contributed by atoms with Crippen LogP contribution in [0.2, 0.25) is 0 Å². The molecule has 0 aliphatic heterocycles. The summed E-state index contributed by atoms with van der Waals surface area (Å²) >= 11 is 0. The van der Waals surface area contributed by atoms with Crippen LogP contribution in [0.15, 0.2) is 42.5 Å². The predicted octanol–water partition coefficient (Wildman–Crippen LogP) is 4.40. The lowest BCUT2D eigenvalue weighted by Gasteiger charge is -2.21. The molecule has 2 aromatic rings. The summed E-state index contributed by atoms with van der Waals surface area (Å²) in [6.07, 6.45) is 1.12. The highest BCUT2D eigenvalue weighted by molar-refractivity contribution is 5.41. The molecular formula is C19H25NO. The number of rotatable bonds is 6. The second-order valence-electron chi connectivity index (χ2n) is 5.53. The van der Waals surface area contributed by atoms with Gasteiger partial charge in [0.1, 0.15) is 5.75 Å². The first-order chi connectivity index (χ1) is 10.2. The summed E-state index contributed by atoms with van der Waals surface area (Å²) in [7, 11) is 1.72. The molecule has 0 aromatic heterocycles. The van der Waals surface area contributed by atoms with E-state index < -0.39 is 0 Å². The molecule has 0 heterocycles. The van der Waals surface area contributed by atoms with E-state index in [2.05, 4.69) is 68.6 Å². The normalized spacial score (nSPS) is 12.2. The molecule has 0 radical (unpaired) electrons. The molecule has 2 rings (SSSR count). The van der Waals surface area contributed by atoms with Crippen LogP contribution < -0.4 is 10.1 Å². The molecule has 2 aromatic carbocycles. The maximum absolute atomic E-state index is 5.36. The van der Waals surface area contributed by atoms with E-state index in [1.165, 1.54) is 22.3 Å². The zero-order valence-electron chi connectivity index (χ0n) is 13.4. The molecule has 0 aliphatic rings. The van der Waals surface area contributed by atoms with Gasteiger partial charge >= 0.3 is 0 Å². The second kappa shape index (κ2) is 7.28. The van der Waals surface area contributed by atoms with Crippen LogP contribution in [-0.4, -0.2) is 13.7 Å². The van der Waals surface area contributed by atoms with Gasteiger partial charge in [-0.05, 0) is 49.6 Å². The van der Waals surface area contributed by atoms with E-state index in [1.807, 2.05) is 0 Å². The molecule has 0 saturated heterocycles. The Morgan fingerprint density at radius 3 is 2.24 bits per heavy atom. The number of hydrogen-bond acceptors (Lipinski definition) is 2. The minimum absolute atomic E-state index is 0.232. The fraction of sp³-hybridized carbons (Fsp3) is 0.368. The molecule has 2 nitrogen and oxygen atoms in total. The summed E-state index contributed by atoms with van der Waals surface area (Å²) in [6.45, 7) is 7.41. The highest BCUT2D eigenvalue weighted by atomic mass is 16.5. The lowest BCUT2D eigenvalue weighted by atomic mass is 9.96. The van der Waals surface area contributed by atoms with Crippen molar-refractivity contribution in [2.45, 2.75) is 33.2 Å². The summed E-state index contributed by atoms with van der Waals surface area (Å²) in [6, 6.07) is 15.4. The van der Waals surface area contributed by atoms with Gasteiger partial charge < -0.3 is 10.1 Å². The number of hydrogen-bond donors (Lipinski definition) is 1. The summed E-state index contributed by atoms with van der Waals surface area (Å²) in [5, 5.41) is 3.65. The monoisotopic (exact) mass is 283 g/mol.